The van der Waals surface area contributed by atoms with E-state index in [1.165, 1.54) is 11.3 Å². The lowest BCUT2D eigenvalue weighted by Gasteiger charge is -2.28. The number of benzene rings is 1. The lowest BCUT2D eigenvalue weighted by molar-refractivity contribution is 0.615. The number of hydrogen-bond acceptors (Lipinski definition) is 2. The monoisotopic (exact) mass is 220 g/mol. The maximum Gasteiger partial charge on any atom is 0.0414 e. The van der Waals surface area contributed by atoms with Crippen LogP contribution in [0.15, 0.2) is 24.3 Å². The molecule has 0 radical (unpaired) electrons. The summed E-state index contributed by atoms with van der Waals surface area (Å²) in [6, 6.07) is 8.54. The highest BCUT2D eigenvalue weighted by Gasteiger charge is 2.12. The minimum Gasteiger partial charge on any atom is -0.371 e. The molecule has 0 spiro atoms. The minimum atomic E-state index is 0.0948. The van der Waals surface area contributed by atoms with Crippen LogP contribution in [0.5, 0.6) is 0 Å². The summed E-state index contributed by atoms with van der Waals surface area (Å²) in [5.74, 6) is 0.668. The lowest BCUT2D eigenvalue weighted by Crippen LogP contribution is -2.29. The van der Waals surface area contributed by atoms with Crippen LogP contribution in [0.3, 0.4) is 0 Å². The Morgan fingerprint density at radius 2 is 1.81 bits per heavy atom. The van der Waals surface area contributed by atoms with Crippen LogP contribution in [0.1, 0.15) is 39.3 Å². The van der Waals surface area contributed by atoms with E-state index < -0.39 is 0 Å². The first-order valence-corrected chi connectivity index (χ1v) is 6.15. The largest absolute Gasteiger partial charge is 0.371 e. The van der Waals surface area contributed by atoms with Crippen molar-refractivity contribution < 1.29 is 0 Å². The molecule has 0 aliphatic rings. The Balaban J connectivity index is 2.99. The molecule has 2 heteroatoms. The van der Waals surface area contributed by atoms with E-state index in [1.54, 1.807) is 0 Å². The summed E-state index contributed by atoms with van der Waals surface area (Å²) in [6.45, 7) is 10.8. The molecule has 0 saturated heterocycles. The Morgan fingerprint density at radius 3 is 2.31 bits per heavy atom. The van der Waals surface area contributed by atoms with Crippen LogP contribution in [0.4, 0.5) is 5.69 Å². The molecule has 90 valence electrons. The van der Waals surface area contributed by atoms with Crippen molar-refractivity contribution in [2.75, 3.05) is 18.0 Å². The predicted octanol–water partition coefficient (Wildman–Crippen LogP) is 3.19. The summed E-state index contributed by atoms with van der Waals surface area (Å²) in [5.41, 5.74) is 8.54. The zero-order valence-corrected chi connectivity index (χ0v) is 10.9. The van der Waals surface area contributed by atoms with E-state index in [0.717, 1.165) is 13.1 Å². The molecule has 1 aromatic rings. The fourth-order valence-electron chi connectivity index (χ4n) is 2.00. The van der Waals surface area contributed by atoms with E-state index in [2.05, 4.69) is 49.9 Å². The fourth-order valence-corrected chi connectivity index (χ4v) is 2.00. The molecule has 0 heterocycles. The average molecular weight is 220 g/mol. The molecule has 1 aromatic carbocycles. The van der Waals surface area contributed by atoms with E-state index in [9.17, 15) is 0 Å². The SMILES string of the molecule is CCN(CC(C)C)c1ccccc1[C@@H](C)N. The number of anilines is 1. The summed E-state index contributed by atoms with van der Waals surface area (Å²) in [7, 11) is 0. The molecule has 2 N–H and O–H groups in total. The topological polar surface area (TPSA) is 29.3 Å². The molecule has 1 rings (SSSR count). The normalized spacial score (nSPS) is 12.9. The first kappa shape index (κ1) is 13.0. The second-order valence-corrected chi connectivity index (χ2v) is 4.78. The van der Waals surface area contributed by atoms with Crippen molar-refractivity contribution in [3.63, 3.8) is 0 Å². The zero-order chi connectivity index (χ0) is 12.1. The smallest absolute Gasteiger partial charge is 0.0414 e. The van der Waals surface area contributed by atoms with Gasteiger partial charge in [-0.15, -0.1) is 0 Å². The van der Waals surface area contributed by atoms with E-state index in [1.807, 2.05) is 6.92 Å². The lowest BCUT2D eigenvalue weighted by atomic mass is 10.0. The Morgan fingerprint density at radius 1 is 1.19 bits per heavy atom. The summed E-state index contributed by atoms with van der Waals surface area (Å²) in [5, 5.41) is 0. The minimum absolute atomic E-state index is 0.0948. The molecule has 1 atom stereocenters. The van der Waals surface area contributed by atoms with Gasteiger partial charge < -0.3 is 10.6 Å². The predicted molar refractivity (Wildman–Crippen MR) is 71.8 cm³/mol. The summed E-state index contributed by atoms with van der Waals surface area (Å²) >= 11 is 0. The number of nitrogens with two attached hydrogens (primary N) is 1. The van der Waals surface area contributed by atoms with Crippen LogP contribution in [0.25, 0.3) is 0 Å². The highest BCUT2D eigenvalue weighted by molar-refractivity contribution is 5.54. The van der Waals surface area contributed by atoms with Crippen LogP contribution in [0.2, 0.25) is 0 Å². The van der Waals surface area contributed by atoms with Crippen LogP contribution >= 0.6 is 0 Å². The van der Waals surface area contributed by atoms with Crippen molar-refractivity contribution in [3.8, 4) is 0 Å². The van der Waals surface area contributed by atoms with Crippen LogP contribution in [-0.4, -0.2) is 13.1 Å². The Kier molecular flexibility index (Phi) is 4.81. The van der Waals surface area contributed by atoms with Gasteiger partial charge in [0.15, 0.2) is 0 Å². The zero-order valence-electron chi connectivity index (χ0n) is 10.9. The third-order valence-corrected chi connectivity index (χ3v) is 2.74. The van der Waals surface area contributed by atoms with Crippen molar-refractivity contribution in [1.29, 1.82) is 0 Å². The number of hydrogen-bond donors (Lipinski definition) is 1. The third-order valence-electron chi connectivity index (χ3n) is 2.74. The van der Waals surface area contributed by atoms with Gasteiger partial charge in [-0.3, -0.25) is 0 Å². The molecule has 0 unspecified atom stereocenters. The number of para-hydroxylation sites is 1. The first-order valence-electron chi connectivity index (χ1n) is 6.15. The second-order valence-electron chi connectivity index (χ2n) is 4.78. The van der Waals surface area contributed by atoms with E-state index in [-0.39, 0.29) is 6.04 Å². The van der Waals surface area contributed by atoms with Gasteiger partial charge in [-0.25, -0.2) is 0 Å². The van der Waals surface area contributed by atoms with Gasteiger partial charge in [0.1, 0.15) is 0 Å². The first-order chi connectivity index (χ1) is 7.56. The molecule has 0 aliphatic carbocycles. The molecular formula is C14H24N2. The second kappa shape index (κ2) is 5.90. The van der Waals surface area contributed by atoms with Crippen molar-refractivity contribution >= 4 is 5.69 Å². The molecule has 2 nitrogen and oxygen atoms in total. The number of nitrogens with zero attached hydrogens (tertiary/aromatic N) is 1. The van der Waals surface area contributed by atoms with Crippen LogP contribution in [0, 0.1) is 5.92 Å². The van der Waals surface area contributed by atoms with E-state index in [0.29, 0.717) is 5.92 Å². The van der Waals surface area contributed by atoms with Gasteiger partial charge in [-0.1, -0.05) is 32.0 Å². The third kappa shape index (κ3) is 3.24. The molecule has 0 aromatic heterocycles. The summed E-state index contributed by atoms with van der Waals surface area (Å²) in [6.07, 6.45) is 0. The van der Waals surface area contributed by atoms with E-state index >= 15 is 0 Å². The summed E-state index contributed by atoms with van der Waals surface area (Å²) < 4.78 is 0. The molecular weight excluding hydrogens is 196 g/mol. The van der Waals surface area contributed by atoms with Crippen molar-refractivity contribution in [2.24, 2.45) is 11.7 Å². The maximum atomic E-state index is 6.01. The van der Waals surface area contributed by atoms with Gasteiger partial charge in [0.05, 0.1) is 0 Å². The van der Waals surface area contributed by atoms with Gasteiger partial charge in [-0.05, 0) is 31.4 Å². The number of rotatable bonds is 5. The maximum absolute atomic E-state index is 6.01. The Hall–Kier alpha value is -1.02. The Labute approximate surface area is 99.5 Å². The molecule has 0 saturated carbocycles. The van der Waals surface area contributed by atoms with Gasteiger partial charge in [0.2, 0.25) is 0 Å². The molecule has 0 amide bonds. The van der Waals surface area contributed by atoms with Gasteiger partial charge >= 0.3 is 0 Å². The van der Waals surface area contributed by atoms with Gasteiger partial charge in [0, 0.05) is 24.8 Å². The molecule has 0 bridgehead atoms. The molecule has 0 fully saturated rings. The van der Waals surface area contributed by atoms with Gasteiger partial charge in [0.25, 0.3) is 0 Å². The van der Waals surface area contributed by atoms with Gasteiger partial charge in [-0.2, -0.15) is 0 Å². The van der Waals surface area contributed by atoms with Crippen molar-refractivity contribution in [2.45, 2.75) is 33.7 Å². The quantitative estimate of drug-likeness (QED) is 0.825. The van der Waals surface area contributed by atoms with E-state index in [4.69, 9.17) is 5.73 Å². The Bertz CT molecular complexity index is 318. The molecule has 16 heavy (non-hydrogen) atoms. The average Bonchev–Trinajstić information content (AvgIpc) is 2.25. The van der Waals surface area contributed by atoms with Crippen LogP contribution in [-0.2, 0) is 0 Å². The highest BCUT2D eigenvalue weighted by Crippen LogP contribution is 2.25. The van der Waals surface area contributed by atoms with Crippen LogP contribution < -0.4 is 10.6 Å². The molecule has 0 aliphatic heterocycles. The fraction of sp³-hybridized carbons (Fsp3) is 0.571. The highest BCUT2D eigenvalue weighted by atomic mass is 15.1. The van der Waals surface area contributed by atoms with Crippen molar-refractivity contribution in [1.82, 2.24) is 0 Å². The standard InChI is InChI=1S/C14H24N2/c1-5-16(10-11(2)3)14-9-7-6-8-13(14)12(4)15/h6-9,11-12H,5,10,15H2,1-4H3/t12-/m1/s1. The summed E-state index contributed by atoms with van der Waals surface area (Å²) in [4.78, 5) is 2.41. The van der Waals surface area contributed by atoms with Crippen molar-refractivity contribution in [3.05, 3.63) is 29.8 Å².